The van der Waals surface area contributed by atoms with E-state index in [0.29, 0.717) is 0 Å². The molecule has 0 bridgehead atoms. The van der Waals surface area contributed by atoms with Gasteiger partial charge in [-0.15, -0.1) is 0 Å². The van der Waals surface area contributed by atoms with Crippen molar-refractivity contribution < 1.29 is 17.9 Å². The molecule has 5 heteroatoms. The van der Waals surface area contributed by atoms with Gasteiger partial charge < -0.3 is 10.5 Å². The van der Waals surface area contributed by atoms with Crippen molar-refractivity contribution in [3.05, 3.63) is 47.8 Å². The largest absolute Gasteiger partial charge is 0.494 e. The maximum atomic E-state index is 13.6. The molecule has 0 saturated heterocycles. The molecule has 0 saturated carbocycles. The first-order valence-corrected chi connectivity index (χ1v) is 5.11. The zero-order valence-corrected chi connectivity index (χ0v) is 9.51. The minimum atomic E-state index is -0.777. The lowest BCUT2D eigenvalue weighted by Crippen LogP contribution is -1.97. The standard InChI is InChI=1S/C13H10F3NO/c1-18-12-5-7(4-11(16)13(12)17)9-3-2-8(14)6-10(9)15/h2-6H,17H2,1H3. The fraction of sp³-hybridized carbons (Fsp3) is 0.0769. The molecule has 0 radical (unpaired) electrons. The highest BCUT2D eigenvalue weighted by molar-refractivity contribution is 5.70. The average molecular weight is 253 g/mol. The Morgan fingerprint density at radius 2 is 1.72 bits per heavy atom. The molecule has 0 heterocycles. The van der Waals surface area contributed by atoms with Crippen LogP contribution in [0.4, 0.5) is 18.9 Å². The number of nitrogen functional groups attached to an aromatic ring is 1. The summed E-state index contributed by atoms with van der Waals surface area (Å²) in [6.07, 6.45) is 0. The molecular formula is C13H10F3NO. The Balaban J connectivity index is 2.60. The third kappa shape index (κ3) is 2.11. The molecule has 0 spiro atoms. The summed E-state index contributed by atoms with van der Waals surface area (Å²) in [5.41, 5.74) is 5.61. The number of rotatable bonds is 2. The fourth-order valence-corrected chi connectivity index (χ4v) is 1.64. The van der Waals surface area contributed by atoms with Crippen LogP contribution in [0.3, 0.4) is 0 Å². The first kappa shape index (κ1) is 12.3. The number of ether oxygens (including phenoxy) is 1. The first-order chi connectivity index (χ1) is 8.52. The van der Waals surface area contributed by atoms with E-state index in [2.05, 4.69) is 0 Å². The van der Waals surface area contributed by atoms with Crippen molar-refractivity contribution in [1.82, 2.24) is 0 Å². The van der Waals surface area contributed by atoms with Gasteiger partial charge in [0.2, 0.25) is 0 Å². The van der Waals surface area contributed by atoms with Crippen LogP contribution in [0.2, 0.25) is 0 Å². The molecule has 0 unspecified atom stereocenters. The van der Waals surface area contributed by atoms with Crippen LogP contribution in [0.15, 0.2) is 30.3 Å². The molecule has 2 aromatic rings. The van der Waals surface area contributed by atoms with Crippen molar-refractivity contribution in [3.8, 4) is 16.9 Å². The van der Waals surface area contributed by atoms with Gasteiger partial charge in [0.15, 0.2) is 5.82 Å². The third-order valence-electron chi connectivity index (χ3n) is 2.55. The highest BCUT2D eigenvalue weighted by atomic mass is 19.1. The van der Waals surface area contributed by atoms with Crippen LogP contribution in [0.25, 0.3) is 11.1 Å². The molecule has 18 heavy (non-hydrogen) atoms. The highest BCUT2D eigenvalue weighted by Gasteiger charge is 2.12. The normalized spacial score (nSPS) is 10.4. The fourth-order valence-electron chi connectivity index (χ4n) is 1.64. The lowest BCUT2D eigenvalue weighted by atomic mass is 10.0. The van der Waals surface area contributed by atoms with E-state index in [1.165, 1.54) is 19.2 Å². The number of hydrogen-bond acceptors (Lipinski definition) is 2. The summed E-state index contributed by atoms with van der Waals surface area (Å²) in [6, 6.07) is 5.53. The van der Waals surface area contributed by atoms with Crippen molar-refractivity contribution in [2.45, 2.75) is 0 Å². The number of halogens is 3. The second-order valence-electron chi connectivity index (χ2n) is 3.70. The second kappa shape index (κ2) is 4.60. The van der Waals surface area contributed by atoms with Gasteiger partial charge in [-0.1, -0.05) is 0 Å². The molecule has 0 aromatic heterocycles. The molecule has 94 valence electrons. The lowest BCUT2D eigenvalue weighted by molar-refractivity contribution is 0.414. The van der Waals surface area contributed by atoms with Gasteiger partial charge in [-0.25, -0.2) is 13.2 Å². The number of nitrogens with two attached hydrogens (primary N) is 1. The Morgan fingerprint density at radius 1 is 1.00 bits per heavy atom. The van der Waals surface area contributed by atoms with E-state index in [9.17, 15) is 13.2 Å². The van der Waals surface area contributed by atoms with Gasteiger partial charge in [-0.05, 0) is 29.8 Å². The Morgan fingerprint density at radius 3 is 2.33 bits per heavy atom. The number of benzene rings is 2. The first-order valence-electron chi connectivity index (χ1n) is 5.11. The Kier molecular flexibility index (Phi) is 3.14. The van der Waals surface area contributed by atoms with Gasteiger partial charge >= 0.3 is 0 Å². The van der Waals surface area contributed by atoms with Crippen molar-refractivity contribution in [3.63, 3.8) is 0 Å². The van der Waals surface area contributed by atoms with E-state index in [-0.39, 0.29) is 22.6 Å². The Bertz CT molecular complexity index is 599. The summed E-state index contributed by atoms with van der Waals surface area (Å²) >= 11 is 0. The molecule has 0 fully saturated rings. The molecular weight excluding hydrogens is 243 g/mol. The molecule has 2 nitrogen and oxygen atoms in total. The van der Waals surface area contributed by atoms with Crippen molar-refractivity contribution >= 4 is 5.69 Å². The van der Waals surface area contributed by atoms with E-state index in [1.807, 2.05) is 0 Å². The zero-order chi connectivity index (χ0) is 13.3. The Labute approximate surface area is 102 Å². The molecule has 2 N–H and O–H groups in total. The predicted molar refractivity (Wildman–Crippen MR) is 62.7 cm³/mol. The van der Waals surface area contributed by atoms with Gasteiger partial charge in [-0.2, -0.15) is 0 Å². The topological polar surface area (TPSA) is 35.2 Å². The molecule has 0 atom stereocenters. The third-order valence-corrected chi connectivity index (χ3v) is 2.55. The van der Waals surface area contributed by atoms with Gasteiger partial charge in [0.25, 0.3) is 0 Å². The maximum Gasteiger partial charge on any atom is 0.150 e. The maximum absolute atomic E-state index is 13.6. The highest BCUT2D eigenvalue weighted by Crippen LogP contribution is 2.32. The van der Waals surface area contributed by atoms with Crippen LogP contribution in [0, 0.1) is 17.5 Å². The van der Waals surface area contributed by atoms with Gasteiger partial charge in [0.1, 0.15) is 23.1 Å². The van der Waals surface area contributed by atoms with Crippen molar-refractivity contribution in [2.24, 2.45) is 0 Å². The predicted octanol–water partition coefficient (Wildman–Crippen LogP) is 3.36. The molecule has 0 aliphatic rings. The monoisotopic (exact) mass is 253 g/mol. The smallest absolute Gasteiger partial charge is 0.150 e. The summed E-state index contributed by atoms with van der Waals surface area (Å²) in [7, 11) is 1.33. The summed E-state index contributed by atoms with van der Waals surface area (Å²) in [5.74, 6) is -2.08. The molecule has 2 rings (SSSR count). The van der Waals surface area contributed by atoms with Crippen LogP contribution in [-0.2, 0) is 0 Å². The number of methoxy groups -OCH3 is 1. The van der Waals surface area contributed by atoms with Crippen LogP contribution in [-0.4, -0.2) is 7.11 Å². The molecule has 0 amide bonds. The van der Waals surface area contributed by atoms with E-state index in [0.717, 1.165) is 18.2 Å². The van der Waals surface area contributed by atoms with E-state index < -0.39 is 17.5 Å². The van der Waals surface area contributed by atoms with Gasteiger partial charge in [-0.3, -0.25) is 0 Å². The van der Waals surface area contributed by atoms with E-state index >= 15 is 0 Å². The minimum absolute atomic E-state index is 0.0774. The van der Waals surface area contributed by atoms with Crippen LogP contribution in [0.5, 0.6) is 5.75 Å². The Hall–Kier alpha value is -2.17. The van der Waals surface area contributed by atoms with Crippen LogP contribution in [0.1, 0.15) is 0 Å². The SMILES string of the molecule is COc1cc(-c2ccc(F)cc2F)cc(F)c1N. The lowest BCUT2D eigenvalue weighted by Gasteiger charge is -2.09. The summed E-state index contributed by atoms with van der Waals surface area (Å²) in [5, 5.41) is 0. The summed E-state index contributed by atoms with van der Waals surface area (Å²) in [4.78, 5) is 0. The summed E-state index contributed by atoms with van der Waals surface area (Å²) in [6.45, 7) is 0. The van der Waals surface area contributed by atoms with Crippen molar-refractivity contribution in [1.29, 1.82) is 0 Å². The minimum Gasteiger partial charge on any atom is -0.494 e. The van der Waals surface area contributed by atoms with Gasteiger partial charge in [0, 0.05) is 11.6 Å². The van der Waals surface area contributed by atoms with Crippen LogP contribution >= 0.6 is 0 Å². The second-order valence-corrected chi connectivity index (χ2v) is 3.70. The number of anilines is 1. The number of hydrogen-bond donors (Lipinski definition) is 1. The average Bonchev–Trinajstić information content (AvgIpc) is 2.32. The molecule has 0 aliphatic heterocycles. The van der Waals surface area contributed by atoms with E-state index in [4.69, 9.17) is 10.5 Å². The van der Waals surface area contributed by atoms with E-state index in [1.54, 1.807) is 0 Å². The molecule has 2 aromatic carbocycles. The van der Waals surface area contributed by atoms with Gasteiger partial charge in [0.05, 0.1) is 7.11 Å². The van der Waals surface area contributed by atoms with Crippen molar-refractivity contribution in [2.75, 3.05) is 12.8 Å². The quantitative estimate of drug-likeness (QED) is 0.833. The summed E-state index contributed by atoms with van der Waals surface area (Å²) < 4.78 is 44.8. The molecule has 0 aliphatic carbocycles. The van der Waals surface area contributed by atoms with Crippen LogP contribution < -0.4 is 10.5 Å². The zero-order valence-electron chi connectivity index (χ0n) is 9.51.